The molecule has 2 N–H and O–H groups in total. The van der Waals surface area contributed by atoms with E-state index in [0.29, 0.717) is 19.4 Å². The van der Waals surface area contributed by atoms with Crippen molar-refractivity contribution < 1.29 is 14.3 Å². The molecule has 0 aromatic heterocycles. The summed E-state index contributed by atoms with van der Waals surface area (Å²) in [5.41, 5.74) is 4.85. The fourth-order valence-electron chi connectivity index (χ4n) is 3.19. The van der Waals surface area contributed by atoms with Crippen molar-refractivity contribution in [3.63, 3.8) is 0 Å². The van der Waals surface area contributed by atoms with E-state index in [4.69, 9.17) is 15.2 Å². The zero-order valence-electron chi connectivity index (χ0n) is 15.5. The van der Waals surface area contributed by atoms with Crippen LogP contribution in [0, 0.1) is 0 Å². The van der Waals surface area contributed by atoms with Crippen LogP contribution in [-0.2, 0) is 14.3 Å². The number of rotatable bonds is 15. The summed E-state index contributed by atoms with van der Waals surface area (Å²) in [6.45, 7) is 4.66. The lowest BCUT2D eigenvalue weighted by Crippen LogP contribution is -2.54. The van der Waals surface area contributed by atoms with E-state index in [1.165, 1.54) is 32.1 Å². The molecule has 0 aromatic rings. The molecule has 0 aromatic carbocycles. The summed E-state index contributed by atoms with van der Waals surface area (Å²) in [6.07, 6.45) is 12.3. The molecule has 0 heterocycles. The molecule has 0 aliphatic heterocycles. The second kappa shape index (κ2) is 12.7. The molecule has 23 heavy (non-hydrogen) atoms. The second-order valence-electron chi connectivity index (χ2n) is 6.40. The van der Waals surface area contributed by atoms with Crippen molar-refractivity contribution in [2.45, 2.75) is 89.4 Å². The minimum absolute atomic E-state index is 0.547. The smallest absolute Gasteiger partial charge is 0.235 e. The van der Waals surface area contributed by atoms with Gasteiger partial charge in [-0.25, -0.2) is 4.79 Å². The lowest BCUT2D eigenvalue weighted by atomic mass is 9.83. The topological polar surface area (TPSA) is 73.9 Å². The summed E-state index contributed by atoms with van der Waals surface area (Å²) in [5.74, 6) is -0.900. The average molecular weight is 328 g/mol. The molecule has 0 bridgehead atoms. The van der Waals surface area contributed by atoms with Gasteiger partial charge >= 0.3 is 0 Å². The molecule has 5 heteroatoms. The number of nitrogens with zero attached hydrogens (tertiary/aromatic N) is 1. The highest BCUT2D eigenvalue weighted by Crippen LogP contribution is 2.38. The summed E-state index contributed by atoms with van der Waals surface area (Å²) < 4.78 is 11.4. The first-order valence-electron chi connectivity index (χ1n) is 8.95. The molecule has 1 atom stereocenters. The van der Waals surface area contributed by atoms with Gasteiger partial charge in [0.2, 0.25) is 6.08 Å². The van der Waals surface area contributed by atoms with Crippen molar-refractivity contribution in [1.82, 2.24) is 0 Å². The van der Waals surface area contributed by atoms with Gasteiger partial charge in [-0.15, -0.1) is 0 Å². The van der Waals surface area contributed by atoms with E-state index < -0.39 is 11.3 Å². The van der Waals surface area contributed by atoms with Crippen molar-refractivity contribution in [3.8, 4) is 0 Å². The molecule has 0 spiro atoms. The van der Waals surface area contributed by atoms with Crippen LogP contribution < -0.4 is 5.73 Å². The van der Waals surface area contributed by atoms with Gasteiger partial charge in [0.15, 0.2) is 5.79 Å². The van der Waals surface area contributed by atoms with E-state index in [-0.39, 0.29) is 0 Å². The van der Waals surface area contributed by atoms with Gasteiger partial charge in [-0.1, -0.05) is 45.4 Å². The summed E-state index contributed by atoms with van der Waals surface area (Å²) in [4.78, 5) is 14.9. The third kappa shape index (κ3) is 7.13. The number of methoxy groups -OCH3 is 2. The van der Waals surface area contributed by atoms with Crippen molar-refractivity contribution in [1.29, 1.82) is 0 Å². The minimum Gasteiger partial charge on any atom is -0.351 e. The van der Waals surface area contributed by atoms with E-state index in [0.717, 1.165) is 19.3 Å². The van der Waals surface area contributed by atoms with Crippen LogP contribution in [0.15, 0.2) is 4.99 Å². The molecule has 0 aliphatic rings. The van der Waals surface area contributed by atoms with Gasteiger partial charge in [0, 0.05) is 20.6 Å². The van der Waals surface area contributed by atoms with Gasteiger partial charge in [-0.3, -0.25) is 0 Å². The third-order valence-electron chi connectivity index (χ3n) is 4.75. The summed E-state index contributed by atoms with van der Waals surface area (Å²) in [5, 5.41) is 0. The van der Waals surface area contributed by atoms with Crippen molar-refractivity contribution in [3.05, 3.63) is 0 Å². The van der Waals surface area contributed by atoms with Gasteiger partial charge in [-0.05, 0) is 32.7 Å². The standard InChI is InChI=1S/C18H36N2O3/c1-5-6-7-8-9-10-11-14-18(22-3,23-4)17(2,20-16-21)13-12-15-19/h5-15,19H2,1-4H3. The molecule has 1 unspecified atom stereocenters. The zero-order valence-corrected chi connectivity index (χ0v) is 15.5. The summed E-state index contributed by atoms with van der Waals surface area (Å²) in [6, 6.07) is 0. The Morgan fingerprint density at radius 1 is 0.957 bits per heavy atom. The number of aliphatic imine (C=N–C) groups is 1. The number of carbonyl (C=O) groups excluding carboxylic acids is 1. The predicted molar refractivity (Wildman–Crippen MR) is 94.2 cm³/mol. The maximum atomic E-state index is 10.9. The Morgan fingerprint density at radius 2 is 1.52 bits per heavy atom. The van der Waals surface area contributed by atoms with Gasteiger partial charge in [0.25, 0.3) is 0 Å². The molecule has 0 amide bonds. The number of nitrogens with two attached hydrogens (primary N) is 1. The summed E-state index contributed by atoms with van der Waals surface area (Å²) in [7, 11) is 3.23. The third-order valence-corrected chi connectivity index (χ3v) is 4.75. The Morgan fingerprint density at radius 3 is 2.00 bits per heavy atom. The quantitative estimate of drug-likeness (QED) is 0.214. The van der Waals surface area contributed by atoms with Crippen molar-refractivity contribution in [2.24, 2.45) is 10.7 Å². The van der Waals surface area contributed by atoms with Crippen LogP contribution in [0.4, 0.5) is 0 Å². The lowest BCUT2D eigenvalue weighted by molar-refractivity contribution is -0.249. The first kappa shape index (κ1) is 22.3. The normalized spacial score (nSPS) is 14.3. The molecule has 0 radical (unpaired) electrons. The van der Waals surface area contributed by atoms with E-state index in [1.807, 2.05) is 6.92 Å². The zero-order chi connectivity index (χ0) is 17.6. The van der Waals surface area contributed by atoms with Crippen LogP contribution >= 0.6 is 0 Å². The fraction of sp³-hybridized carbons (Fsp3) is 0.944. The van der Waals surface area contributed by atoms with Gasteiger partial charge < -0.3 is 15.2 Å². The highest BCUT2D eigenvalue weighted by atomic mass is 16.7. The van der Waals surface area contributed by atoms with E-state index in [9.17, 15) is 4.79 Å². The number of hydrogen-bond donors (Lipinski definition) is 1. The second-order valence-corrected chi connectivity index (χ2v) is 6.40. The van der Waals surface area contributed by atoms with Crippen LogP contribution in [-0.4, -0.2) is 38.2 Å². The number of hydrogen-bond acceptors (Lipinski definition) is 5. The Balaban J connectivity index is 4.70. The van der Waals surface area contributed by atoms with Gasteiger partial charge in [0.05, 0.1) is 0 Å². The van der Waals surface area contributed by atoms with Crippen LogP contribution in [0.3, 0.4) is 0 Å². The van der Waals surface area contributed by atoms with Crippen LogP contribution in [0.25, 0.3) is 0 Å². The highest BCUT2D eigenvalue weighted by Gasteiger charge is 2.49. The molecule has 0 rings (SSSR count). The van der Waals surface area contributed by atoms with Gasteiger partial charge in [-0.2, -0.15) is 4.99 Å². The van der Waals surface area contributed by atoms with E-state index >= 15 is 0 Å². The van der Waals surface area contributed by atoms with Crippen LogP contribution in [0.5, 0.6) is 0 Å². The van der Waals surface area contributed by atoms with Crippen LogP contribution in [0.1, 0.15) is 78.1 Å². The maximum absolute atomic E-state index is 10.9. The first-order valence-corrected chi connectivity index (χ1v) is 8.95. The number of unbranched alkanes of at least 4 members (excludes halogenated alkanes) is 6. The molecule has 0 saturated carbocycles. The Kier molecular flexibility index (Phi) is 12.2. The first-order chi connectivity index (χ1) is 11.1. The van der Waals surface area contributed by atoms with Crippen LogP contribution in [0.2, 0.25) is 0 Å². The average Bonchev–Trinajstić information content (AvgIpc) is 2.56. The van der Waals surface area contributed by atoms with E-state index in [2.05, 4.69) is 11.9 Å². The SMILES string of the molecule is CCCCCCCCCC(OC)(OC)C(C)(CCCN)N=C=O. The monoisotopic (exact) mass is 328 g/mol. The Bertz CT molecular complexity index is 339. The molecule has 0 aliphatic carbocycles. The molecule has 0 fully saturated rings. The molecular weight excluding hydrogens is 292 g/mol. The number of ether oxygens (including phenoxy) is 2. The van der Waals surface area contributed by atoms with Gasteiger partial charge in [0.1, 0.15) is 5.54 Å². The molecule has 136 valence electrons. The molecule has 0 saturated heterocycles. The van der Waals surface area contributed by atoms with E-state index in [1.54, 1.807) is 20.3 Å². The van der Waals surface area contributed by atoms with Crippen molar-refractivity contribution >= 4 is 6.08 Å². The maximum Gasteiger partial charge on any atom is 0.235 e. The largest absolute Gasteiger partial charge is 0.351 e. The highest BCUT2D eigenvalue weighted by molar-refractivity contribution is 5.35. The number of isocyanates is 1. The summed E-state index contributed by atoms with van der Waals surface area (Å²) >= 11 is 0. The Labute approximate surface area is 142 Å². The fourth-order valence-corrected chi connectivity index (χ4v) is 3.19. The lowest BCUT2D eigenvalue weighted by Gasteiger charge is -2.43. The Hall–Kier alpha value is -0.740. The molecular formula is C18H36N2O3. The minimum atomic E-state index is -0.900. The predicted octanol–water partition coefficient (Wildman–Crippen LogP) is 3.95. The van der Waals surface area contributed by atoms with Crippen molar-refractivity contribution in [2.75, 3.05) is 20.8 Å². The molecule has 5 nitrogen and oxygen atoms in total.